The summed E-state index contributed by atoms with van der Waals surface area (Å²) in [5.41, 5.74) is -0.341. The number of hydroxylamine groups is 2. The molecule has 2 atom stereocenters. The van der Waals surface area contributed by atoms with E-state index in [0.29, 0.717) is 6.61 Å². The third-order valence-electron chi connectivity index (χ3n) is 6.09. The second-order valence-electron chi connectivity index (χ2n) is 7.98. The Morgan fingerprint density at radius 1 is 1.11 bits per heavy atom. The summed E-state index contributed by atoms with van der Waals surface area (Å²) in [6.45, 7) is 5.27. The summed E-state index contributed by atoms with van der Waals surface area (Å²) < 4.78 is 37.6. The van der Waals surface area contributed by atoms with Gasteiger partial charge in [0.05, 0.1) is 24.7 Å². The number of fused-ring (bicyclic) bond motifs is 1. The lowest BCUT2D eigenvalue weighted by Gasteiger charge is -2.45. The zero-order chi connectivity index (χ0) is 20.4. The standard InChI is InChI=1S/C16H26N2O3.C2HF3O2/c19-15(18-7-2-9-21-18)16-6-10-20-14(16)5-8-17(12-16)11-13-3-1-4-13;3-2(4,5)1(6)7/h13-14H,1-12H2;(H,6,7)/t14-,16-;/m1./s1. The summed E-state index contributed by atoms with van der Waals surface area (Å²) >= 11 is 0. The van der Waals surface area contributed by atoms with Crippen molar-refractivity contribution in [3.63, 3.8) is 0 Å². The molecule has 4 rings (SSSR count). The second kappa shape index (κ2) is 8.54. The maximum atomic E-state index is 13.0. The molecule has 7 nitrogen and oxygen atoms in total. The van der Waals surface area contributed by atoms with E-state index < -0.39 is 12.1 Å². The number of halogens is 3. The number of carbonyl (C=O) groups is 2. The monoisotopic (exact) mass is 408 g/mol. The summed E-state index contributed by atoms with van der Waals surface area (Å²) in [5.74, 6) is -1.72. The first-order valence-electron chi connectivity index (χ1n) is 9.81. The van der Waals surface area contributed by atoms with Crippen molar-refractivity contribution >= 4 is 11.9 Å². The third-order valence-corrected chi connectivity index (χ3v) is 6.09. The Kier molecular flexibility index (Phi) is 6.51. The molecule has 1 N–H and O–H groups in total. The number of carboxylic acids is 1. The number of rotatable bonds is 3. The van der Waals surface area contributed by atoms with Crippen LogP contribution in [0.2, 0.25) is 0 Å². The first-order valence-corrected chi connectivity index (χ1v) is 9.81. The van der Waals surface area contributed by atoms with Gasteiger partial charge in [-0.2, -0.15) is 13.2 Å². The average molecular weight is 408 g/mol. The fourth-order valence-corrected chi connectivity index (χ4v) is 4.39. The highest BCUT2D eigenvalue weighted by Crippen LogP contribution is 2.43. The SMILES string of the molecule is O=C(N1CCCO1)[C@@]12CCO[C@@H]1CCN(CC1CCC1)C2.O=C(O)C(F)(F)F. The van der Waals surface area contributed by atoms with Crippen molar-refractivity contribution in [2.45, 2.75) is 50.8 Å². The topological polar surface area (TPSA) is 79.3 Å². The van der Waals surface area contributed by atoms with Crippen LogP contribution in [0.1, 0.15) is 38.5 Å². The molecule has 0 aromatic rings. The Morgan fingerprint density at radius 2 is 1.82 bits per heavy atom. The molecule has 160 valence electrons. The molecule has 10 heteroatoms. The zero-order valence-corrected chi connectivity index (χ0v) is 15.7. The molecular weight excluding hydrogens is 381 g/mol. The fraction of sp³-hybridized carbons (Fsp3) is 0.889. The van der Waals surface area contributed by atoms with E-state index in [-0.39, 0.29) is 17.4 Å². The Bertz CT molecular complexity index is 578. The van der Waals surface area contributed by atoms with Gasteiger partial charge in [0.2, 0.25) is 0 Å². The van der Waals surface area contributed by atoms with E-state index in [1.807, 2.05) is 0 Å². The Balaban J connectivity index is 0.000000279. The van der Waals surface area contributed by atoms with Crippen molar-refractivity contribution in [2.75, 3.05) is 39.4 Å². The van der Waals surface area contributed by atoms with Gasteiger partial charge >= 0.3 is 12.1 Å². The van der Waals surface area contributed by atoms with Crippen molar-refractivity contribution < 1.29 is 37.4 Å². The molecule has 3 saturated heterocycles. The zero-order valence-electron chi connectivity index (χ0n) is 15.7. The van der Waals surface area contributed by atoms with Gasteiger partial charge in [0.15, 0.2) is 0 Å². The first-order chi connectivity index (χ1) is 13.2. The molecule has 0 aromatic heterocycles. The van der Waals surface area contributed by atoms with E-state index >= 15 is 0 Å². The van der Waals surface area contributed by atoms with Crippen molar-refractivity contribution in [3.8, 4) is 0 Å². The molecule has 0 unspecified atom stereocenters. The molecule has 4 aliphatic rings. The quantitative estimate of drug-likeness (QED) is 0.770. The molecule has 1 amide bonds. The summed E-state index contributed by atoms with van der Waals surface area (Å²) in [5, 5.41) is 8.74. The maximum Gasteiger partial charge on any atom is 0.490 e. The van der Waals surface area contributed by atoms with Gasteiger partial charge in [-0.15, -0.1) is 0 Å². The second-order valence-corrected chi connectivity index (χ2v) is 7.98. The number of ether oxygens (including phenoxy) is 1. The molecule has 1 aliphatic carbocycles. The van der Waals surface area contributed by atoms with Gasteiger partial charge in [-0.05, 0) is 38.0 Å². The number of aliphatic carboxylic acids is 1. The van der Waals surface area contributed by atoms with Crippen molar-refractivity contribution in [1.82, 2.24) is 9.96 Å². The number of piperidine rings is 1. The van der Waals surface area contributed by atoms with Crippen LogP contribution in [0, 0.1) is 11.3 Å². The minimum atomic E-state index is -5.08. The van der Waals surface area contributed by atoms with Crippen molar-refractivity contribution in [1.29, 1.82) is 0 Å². The van der Waals surface area contributed by atoms with Crippen LogP contribution in [0.5, 0.6) is 0 Å². The Morgan fingerprint density at radius 3 is 2.36 bits per heavy atom. The lowest BCUT2D eigenvalue weighted by atomic mass is 9.74. The van der Waals surface area contributed by atoms with E-state index in [2.05, 4.69) is 4.90 Å². The summed E-state index contributed by atoms with van der Waals surface area (Å²) in [6, 6.07) is 0. The molecule has 4 fully saturated rings. The minimum absolute atomic E-state index is 0.104. The predicted molar refractivity (Wildman–Crippen MR) is 91.2 cm³/mol. The van der Waals surface area contributed by atoms with Crippen LogP contribution < -0.4 is 0 Å². The highest BCUT2D eigenvalue weighted by Gasteiger charge is 2.55. The van der Waals surface area contributed by atoms with E-state index in [9.17, 15) is 18.0 Å². The normalized spacial score (nSPS) is 31.0. The van der Waals surface area contributed by atoms with Crippen LogP contribution in [0.25, 0.3) is 0 Å². The van der Waals surface area contributed by atoms with Gasteiger partial charge in [0.25, 0.3) is 5.91 Å². The Hall–Kier alpha value is -1.39. The molecule has 0 radical (unpaired) electrons. The third kappa shape index (κ3) is 4.60. The molecule has 0 spiro atoms. The predicted octanol–water partition coefficient (Wildman–Crippen LogP) is 2.06. The molecule has 0 aromatic carbocycles. The number of nitrogens with zero attached hydrogens (tertiary/aromatic N) is 2. The molecule has 1 saturated carbocycles. The van der Waals surface area contributed by atoms with Crippen LogP contribution in [0.4, 0.5) is 13.2 Å². The highest BCUT2D eigenvalue weighted by atomic mass is 19.4. The number of carbonyl (C=O) groups excluding carboxylic acids is 1. The number of alkyl halides is 3. The van der Waals surface area contributed by atoms with Gasteiger partial charge in [0.1, 0.15) is 0 Å². The number of carboxylic acid groups (broad SMARTS) is 1. The van der Waals surface area contributed by atoms with Crippen molar-refractivity contribution in [2.24, 2.45) is 11.3 Å². The molecule has 28 heavy (non-hydrogen) atoms. The summed E-state index contributed by atoms with van der Waals surface area (Å²) in [4.78, 5) is 30.0. The number of hydrogen-bond donors (Lipinski definition) is 1. The first kappa shape index (κ1) is 21.3. The number of likely N-dealkylation sites (tertiary alicyclic amines) is 1. The van der Waals surface area contributed by atoms with Crippen LogP contribution in [-0.2, 0) is 19.2 Å². The summed E-state index contributed by atoms with van der Waals surface area (Å²) in [6.07, 6.45) is 1.95. The van der Waals surface area contributed by atoms with Gasteiger partial charge in [-0.3, -0.25) is 9.63 Å². The van der Waals surface area contributed by atoms with Gasteiger partial charge in [0, 0.05) is 26.2 Å². The lowest BCUT2D eigenvalue weighted by Crippen LogP contribution is -2.58. The van der Waals surface area contributed by atoms with Crippen LogP contribution >= 0.6 is 0 Å². The van der Waals surface area contributed by atoms with E-state index in [1.54, 1.807) is 5.06 Å². The fourth-order valence-electron chi connectivity index (χ4n) is 4.39. The summed E-state index contributed by atoms with van der Waals surface area (Å²) in [7, 11) is 0. The molecule has 3 heterocycles. The van der Waals surface area contributed by atoms with Crippen LogP contribution in [0.15, 0.2) is 0 Å². The molecule has 3 aliphatic heterocycles. The molecule has 0 bridgehead atoms. The Labute approximate surface area is 161 Å². The largest absolute Gasteiger partial charge is 0.490 e. The van der Waals surface area contributed by atoms with Gasteiger partial charge < -0.3 is 14.7 Å². The number of amides is 1. The van der Waals surface area contributed by atoms with Crippen LogP contribution in [0.3, 0.4) is 0 Å². The minimum Gasteiger partial charge on any atom is -0.475 e. The van der Waals surface area contributed by atoms with E-state index in [4.69, 9.17) is 19.5 Å². The van der Waals surface area contributed by atoms with E-state index in [0.717, 1.165) is 51.4 Å². The number of hydrogen-bond acceptors (Lipinski definition) is 5. The van der Waals surface area contributed by atoms with Crippen molar-refractivity contribution in [3.05, 3.63) is 0 Å². The highest BCUT2D eigenvalue weighted by molar-refractivity contribution is 5.83. The van der Waals surface area contributed by atoms with E-state index in [1.165, 1.54) is 25.8 Å². The smallest absolute Gasteiger partial charge is 0.475 e. The lowest BCUT2D eigenvalue weighted by molar-refractivity contribution is -0.192. The molecular formula is C18H27F3N2O5. The maximum absolute atomic E-state index is 13.0. The average Bonchev–Trinajstić information content (AvgIpc) is 3.27. The van der Waals surface area contributed by atoms with Gasteiger partial charge in [-0.25, -0.2) is 9.86 Å². The van der Waals surface area contributed by atoms with Gasteiger partial charge in [-0.1, -0.05) is 6.42 Å². The van der Waals surface area contributed by atoms with Crippen LogP contribution in [-0.4, -0.2) is 78.6 Å².